The van der Waals surface area contributed by atoms with Crippen LogP contribution in [0.25, 0.3) is 0 Å². The van der Waals surface area contributed by atoms with E-state index < -0.39 is 43.7 Å². The van der Waals surface area contributed by atoms with Gasteiger partial charge in [0.1, 0.15) is 0 Å². The molecule has 0 spiro atoms. The summed E-state index contributed by atoms with van der Waals surface area (Å²) in [6.45, 7) is -3.14. The number of halogens is 6. The maximum Gasteiger partial charge on any atom is 0.422 e. The first-order valence-corrected chi connectivity index (χ1v) is 6.86. The number of hydrogen-bond acceptors (Lipinski definition) is 4. The van der Waals surface area contributed by atoms with Crippen LogP contribution >= 0.6 is 0 Å². The summed E-state index contributed by atoms with van der Waals surface area (Å²) in [7, 11) is 0. The zero-order chi connectivity index (χ0) is 18.7. The molecule has 12 heteroatoms. The normalized spacial score (nSPS) is 16.7. The third-order valence-electron chi connectivity index (χ3n) is 3.23. The highest BCUT2D eigenvalue weighted by atomic mass is 19.4. The van der Waals surface area contributed by atoms with Crippen molar-refractivity contribution in [3.63, 3.8) is 0 Å². The summed E-state index contributed by atoms with van der Waals surface area (Å²) in [5.74, 6) is -0.323. The molecule has 1 aromatic heterocycles. The second kappa shape index (κ2) is 6.94. The topological polar surface area (TPSA) is 72.5 Å². The van der Waals surface area contributed by atoms with Crippen LogP contribution < -0.4 is 15.4 Å². The van der Waals surface area contributed by atoms with Gasteiger partial charge in [-0.3, -0.25) is 0 Å². The van der Waals surface area contributed by atoms with Gasteiger partial charge in [0.2, 0.25) is 5.88 Å². The van der Waals surface area contributed by atoms with Crippen LogP contribution in [0.1, 0.15) is 5.56 Å². The molecule has 140 valence electrons. The molecule has 1 aliphatic heterocycles. The van der Waals surface area contributed by atoms with Crippen LogP contribution in [-0.2, 0) is 11.3 Å². The Hall–Kier alpha value is -2.24. The lowest BCUT2D eigenvalue weighted by molar-refractivity contribution is -0.263. The fourth-order valence-corrected chi connectivity index (χ4v) is 1.85. The standard InChI is InChI=1S/C13H13F6N3O3/c14-12(15,16)7-25-9-3-8(1-2-20-9)4-21-10(23)22-11(5-24-6-11)13(17,18)19/h1-3H,4-7H2,(H2,21,22,23). The number of aromatic nitrogens is 1. The number of amides is 2. The minimum absolute atomic E-state index is 0.231. The lowest BCUT2D eigenvalue weighted by Gasteiger charge is -2.42. The second-order valence-corrected chi connectivity index (χ2v) is 5.29. The number of rotatable bonds is 5. The van der Waals surface area contributed by atoms with Crippen molar-refractivity contribution in [2.75, 3.05) is 19.8 Å². The van der Waals surface area contributed by atoms with Gasteiger partial charge in [-0.15, -0.1) is 0 Å². The van der Waals surface area contributed by atoms with Crippen LogP contribution in [0.2, 0.25) is 0 Å². The van der Waals surface area contributed by atoms with Crippen LogP contribution in [0.15, 0.2) is 18.3 Å². The Morgan fingerprint density at radius 1 is 1.28 bits per heavy atom. The maximum absolute atomic E-state index is 12.9. The molecule has 0 bridgehead atoms. The Bertz CT molecular complexity index is 616. The van der Waals surface area contributed by atoms with Gasteiger partial charge in [-0.2, -0.15) is 26.3 Å². The quantitative estimate of drug-likeness (QED) is 0.776. The summed E-state index contributed by atoms with van der Waals surface area (Å²) in [4.78, 5) is 15.2. The fourth-order valence-electron chi connectivity index (χ4n) is 1.85. The van der Waals surface area contributed by atoms with Gasteiger partial charge in [-0.25, -0.2) is 9.78 Å². The van der Waals surface area contributed by atoms with Crippen LogP contribution in [0.3, 0.4) is 0 Å². The highest BCUT2D eigenvalue weighted by Crippen LogP contribution is 2.36. The lowest BCUT2D eigenvalue weighted by atomic mass is 9.97. The summed E-state index contributed by atoms with van der Waals surface area (Å²) in [5.41, 5.74) is -2.13. The van der Waals surface area contributed by atoms with Gasteiger partial charge >= 0.3 is 18.4 Å². The van der Waals surface area contributed by atoms with Crippen molar-refractivity contribution in [3.05, 3.63) is 23.9 Å². The first-order valence-electron chi connectivity index (χ1n) is 6.86. The fraction of sp³-hybridized carbons (Fsp3) is 0.538. The molecule has 6 nitrogen and oxygen atoms in total. The van der Waals surface area contributed by atoms with Crippen molar-refractivity contribution in [1.82, 2.24) is 15.6 Å². The molecular formula is C13H13F6N3O3. The monoisotopic (exact) mass is 373 g/mol. The number of hydrogen-bond donors (Lipinski definition) is 2. The first-order chi connectivity index (χ1) is 11.5. The number of nitrogens with one attached hydrogen (secondary N) is 2. The molecule has 1 aromatic rings. The van der Waals surface area contributed by atoms with Crippen molar-refractivity contribution >= 4 is 6.03 Å². The number of carbonyl (C=O) groups excluding carboxylic acids is 1. The second-order valence-electron chi connectivity index (χ2n) is 5.29. The van der Waals surface area contributed by atoms with Crippen molar-refractivity contribution in [2.24, 2.45) is 0 Å². The predicted molar refractivity (Wildman–Crippen MR) is 70.8 cm³/mol. The van der Waals surface area contributed by atoms with Gasteiger partial charge in [0.05, 0.1) is 13.2 Å². The molecule has 2 N–H and O–H groups in total. The minimum Gasteiger partial charge on any atom is -0.468 e. The summed E-state index contributed by atoms with van der Waals surface area (Å²) < 4.78 is 83.8. The van der Waals surface area contributed by atoms with E-state index in [2.05, 4.69) is 19.8 Å². The van der Waals surface area contributed by atoms with Gasteiger partial charge in [-0.05, 0) is 11.6 Å². The van der Waals surface area contributed by atoms with E-state index in [1.807, 2.05) is 0 Å². The van der Waals surface area contributed by atoms with Crippen LogP contribution in [-0.4, -0.2) is 48.7 Å². The number of pyridine rings is 1. The van der Waals surface area contributed by atoms with Gasteiger partial charge in [0.15, 0.2) is 12.1 Å². The molecule has 0 aromatic carbocycles. The zero-order valence-electron chi connectivity index (χ0n) is 12.5. The van der Waals surface area contributed by atoms with E-state index in [0.717, 1.165) is 12.3 Å². The molecule has 2 amide bonds. The van der Waals surface area contributed by atoms with Crippen LogP contribution in [0.4, 0.5) is 31.1 Å². The smallest absolute Gasteiger partial charge is 0.422 e. The average Bonchev–Trinajstić information content (AvgIpc) is 2.45. The number of carbonyl (C=O) groups is 1. The number of urea groups is 1. The van der Waals surface area contributed by atoms with Crippen LogP contribution in [0, 0.1) is 0 Å². The highest BCUT2D eigenvalue weighted by Gasteiger charge is 2.61. The molecule has 0 radical (unpaired) electrons. The molecule has 1 saturated heterocycles. The Morgan fingerprint density at radius 3 is 2.48 bits per heavy atom. The average molecular weight is 373 g/mol. The number of alkyl halides is 6. The van der Waals surface area contributed by atoms with Crippen LogP contribution in [0.5, 0.6) is 5.88 Å². The zero-order valence-corrected chi connectivity index (χ0v) is 12.5. The van der Waals surface area contributed by atoms with Crippen molar-refractivity contribution in [2.45, 2.75) is 24.4 Å². The van der Waals surface area contributed by atoms with E-state index >= 15 is 0 Å². The SMILES string of the molecule is O=C(NCc1ccnc(OCC(F)(F)F)c1)NC1(C(F)(F)F)COC1. The predicted octanol–water partition coefficient (Wildman–Crippen LogP) is 2.15. The van der Waals surface area contributed by atoms with E-state index in [9.17, 15) is 31.1 Å². The molecule has 0 saturated carbocycles. The summed E-state index contributed by atoms with van der Waals surface area (Å²) in [6, 6.07) is 1.42. The number of ether oxygens (including phenoxy) is 2. The maximum atomic E-state index is 12.9. The Labute approximate surface area is 137 Å². The van der Waals surface area contributed by atoms with Gasteiger partial charge in [0.25, 0.3) is 0 Å². The molecule has 2 rings (SSSR count). The largest absolute Gasteiger partial charge is 0.468 e. The van der Waals surface area contributed by atoms with E-state index in [0.29, 0.717) is 5.56 Å². The van der Waals surface area contributed by atoms with Crippen molar-refractivity contribution < 1.29 is 40.6 Å². The molecule has 1 fully saturated rings. The first kappa shape index (κ1) is 19.1. The van der Waals surface area contributed by atoms with Gasteiger partial charge < -0.3 is 20.1 Å². The highest BCUT2D eigenvalue weighted by molar-refractivity contribution is 5.75. The molecule has 0 unspecified atom stereocenters. The molecule has 25 heavy (non-hydrogen) atoms. The Morgan fingerprint density at radius 2 is 1.96 bits per heavy atom. The van der Waals surface area contributed by atoms with E-state index in [1.165, 1.54) is 6.07 Å². The summed E-state index contributed by atoms with van der Waals surface area (Å²) in [5, 5.41) is 3.99. The lowest BCUT2D eigenvalue weighted by Crippen LogP contribution is -2.71. The minimum atomic E-state index is -4.67. The molecule has 2 heterocycles. The molecule has 0 atom stereocenters. The van der Waals surface area contributed by atoms with Gasteiger partial charge in [-0.1, -0.05) is 0 Å². The van der Waals surface area contributed by atoms with Crippen molar-refractivity contribution in [1.29, 1.82) is 0 Å². The van der Waals surface area contributed by atoms with E-state index in [1.54, 1.807) is 5.32 Å². The summed E-state index contributed by atoms with van der Waals surface area (Å²) in [6.07, 6.45) is -8.05. The molecular weight excluding hydrogens is 360 g/mol. The molecule has 0 aliphatic carbocycles. The van der Waals surface area contributed by atoms with E-state index in [4.69, 9.17) is 0 Å². The molecule has 1 aliphatic rings. The third kappa shape index (κ3) is 5.11. The summed E-state index contributed by atoms with van der Waals surface area (Å²) >= 11 is 0. The third-order valence-corrected chi connectivity index (χ3v) is 3.23. The Kier molecular flexibility index (Phi) is 5.30. The Balaban J connectivity index is 1.87. The van der Waals surface area contributed by atoms with E-state index in [-0.39, 0.29) is 12.4 Å². The number of nitrogens with zero attached hydrogens (tertiary/aromatic N) is 1. The van der Waals surface area contributed by atoms with Gasteiger partial charge in [0, 0.05) is 18.8 Å². The van der Waals surface area contributed by atoms with Crippen molar-refractivity contribution in [3.8, 4) is 5.88 Å².